The number of carbonyl (C=O) groups excluding carboxylic acids is 1. The summed E-state index contributed by atoms with van der Waals surface area (Å²) >= 11 is 4.45. The van der Waals surface area contributed by atoms with E-state index >= 15 is 0 Å². The number of pyridine rings is 1. The van der Waals surface area contributed by atoms with Gasteiger partial charge in [0.15, 0.2) is 18.1 Å². The van der Waals surface area contributed by atoms with E-state index in [4.69, 9.17) is 4.74 Å². The smallest absolute Gasteiger partial charge is 0.422 e. The maximum Gasteiger partial charge on any atom is 0.422 e. The molecule has 0 unspecified atom stereocenters. The molecule has 24 heavy (non-hydrogen) atoms. The summed E-state index contributed by atoms with van der Waals surface area (Å²) in [6, 6.07) is 1.27. The number of alkyl halides is 3. The molecule has 10 heteroatoms. The fraction of sp³-hybridized carbons (Fsp3) is 0.357. The summed E-state index contributed by atoms with van der Waals surface area (Å²) < 4.78 is 42.2. The molecule has 2 heterocycles. The zero-order chi connectivity index (χ0) is 18.0. The number of halogens is 4. The number of nitrogens with zero attached hydrogens (tertiary/aromatic N) is 2. The van der Waals surface area contributed by atoms with E-state index < -0.39 is 24.2 Å². The van der Waals surface area contributed by atoms with Gasteiger partial charge in [-0.05, 0) is 35.8 Å². The van der Waals surface area contributed by atoms with E-state index in [2.05, 4.69) is 31.2 Å². The molecule has 1 amide bonds. The Morgan fingerprint density at radius 1 is 1.38 bits per heavy atom. The molecule has 0 saturated carbocycles. The van der Waals surface area contributed by atoms with Gasteiger partial charge in [-0.25, -0.2) is 9.97 Å². The van der Waals surface area contributed by atoms with E-state index in [-0.39, 0.29) is 11.4 Å². The van der Waals surface area contributed by atoms with Crippen LogP contribution in [0.3, 0.4) is 0 Å². The highest BCUT2D eigenvalue weighted by Crippen LogP contribution is 2.27. The largest absolute Gasteiger partial charge is 0.482 e. The van der Waals surface area contributed by atoms with Gasteiger partial charge >= 0.3 is 6.18 Å². The van der Waals surface area contributed by atoms with Crippen molar-refractivity contribution in [3.8, 4) is 5.75 Å². The standard InChI is InChI=1S/C14H13BrF3N3O2S/c1-13(2,12-19-3-4-24-12)21-11(22)10-9(5-8(15)6-20-10)23-7-14(16,17)18/h3-6H,7H2,1-2H3,(H,21,22). The van der Waals surface area contributed by atoms with Crippen LogP contribution in [0, 0.1) is 0 Å². The van der Waals surface area contributed by atoms with Gasteiger partial charge in [-0.15, -0.1) is 11.3 Å². The first-order valence-electron chi connectivity index (χ1n) is 6.66. The highest BCUT2D eigenvalue weighted by atomic mass is 79.9. The van der Waals surface area contributed by atoms with Crippen molar-refractivity contribution in [2.24, 2.45) is 0 Å². The second-order valence-corrected chi connectivity index (χ2v) is 7.13. The number of ether oxygens (including phenoxy) is 1. The van der Waals surface area contributed by atoms with Gasteiger partial charge in [-0.2, -0.15) is 13.2 Å². The molecular weight excluding hydrogens is 411 g/mol. The molecule has 2 aromatic rings. The maximum atomic E-state index is 12.4. The first-order chi connectivity index (χ1) is 11.1. The second kappa shape index (κ2) is 7.06. The van der Waals surface area contributed by atoms with Crippen LogP contribution in [-0.4, -0.2) is 28.7 Å². The Kier molecular flexibility index (Phi) is 5.49. The summed E-state index contributed by atoms with van der Waals surface area (Å²) in [5.74, 6) is -0.908. The predicted molar refractivity (Wildman–Crippen MR) is 86.1 cm³/mol. The van der Waals surface area contributed by atoms with Crippen molar-refractivity contribution < 1.29 is 22.7 Å². The van der Waals surface area contributed by atoms with Gasteiger partial charge in [-0.1, -0.05) is 0 Å². The molecule has 5 nitrogen and oxygen atoms in total. The molecule has 0 atom stereocenters. The van der Waals surface area contributed by atoms with Gasteiger partial charge in [0.05, 0.1) is 5.54 Å². The third kappa shape index (κ3) is 4.91. The Bertz CT molecular complexity index is 721. The van der Waals surface area contributed by atoms with Crippen molar-refractivity contribution in [2.45, 2.75) is 25.6 Å². The lowest BCUT2D eigenvalue weighted by Gasteiger charge is -2.24. The number of hydrogen-bond acceptors (Lipinski definition) is 5. The Hall–Kier alpha value is -1.68. The normalized spacial score (nSPS) is 12.1. The van der Waals surface area contributed by atoms with Crippen LogP contribution in [0.15, 0.2) is 28.3 Å². The van der Waals surface area contributed by atoms with Crippen LogP contribution in [0.1, 0.15) is 29.3 Å². The topological polar surface area (TPSA) is 64.1 Å². The molecule has 0 aliphatic carbocycles. The average Bonchev–Trinajstić information content (AvgIpc) is 2.98. The van der Waals surface area contributed by atoms with E-state index in [1.54, 1.807) is 25.4 Å². The molecular formula is C14H13BrF3N3O2S. The number of amides is 1. The first kappa shape index (κ1) is 18.7. The molecule has 2 rings (SSSR count). The molecule has 0 radical (unpaired) electrons. The van der Waals surface area contributed by atoms with Crippen molar-refractivity contribution >= 4 is 33.2 Å². The zero-order valence-corrected chi connectivity index (χ0v) is 15.1. The quantitative estimate of drug-likeness (QED) is 0.791. The molecule has 0 aliphatic heterocycles. The summed E-state index contributed by atoms with van der Waals surface area (Å²) in [7, 11) is 0. The van der Waals surface area contributed by atoms with Crippen molar-refractivity contribution in [1.82, 2.24) is 15.3 Å². The maximum absolute atomic E-state index is 12.4. The first-order valence-corrected chi connectivity index (χ1v) is 8.33. The molecule has 0 spiro atoms. The van der Waals surface area contributed by atoms with Crippen LogP contribution in [0.25, 0.3) is 0 Å². The molecule has 1 N–H and O–H groups in total. The number of aromatic nitrogens is 2. The van der Waals surface area contributed by atoms with Gasteiger partial charge in [-0.3, -0.25) is 4.79 Å². The van der Waals surface area contributed by atoms with Crippen molar-refractivity contribution in [3.63, 3.8) is 0 Å². The minimum atomic E-state index is -4.52. The van der Waals surface area contributed by atoms with Crippen molar-refractivity contribution in [3.05, 3.63) is 39.0 Å². The highest BCUT2D eigenvalue weighted by molar-refractivity contribution is 9.10. The van der Waals surface area contributed by atoms with Crippen LogP contribution in [-0.2, 0) is 5.54 Å². The van der Waals surface area contributed by atoms with Crippen LogP contribution in [0.4, 0.5) is 13.2 Å². The van der Waals surface area contributed by atoms with Crippen LogP contribution in [0.5, 0.6) is 5.75 Å². The Balaban J connectivity index is 2.22. The van der Waals surface area contributed by atoms with Gasteiger partial charge < -0.3 is 10.1 Å². The monoisotopic (exact) mass is 423 g/mol. The van der Waals surface area contributed by atoms with Crippen molar-refractivity contribution in [1.29, 1.82) is 0 Å². The van der Waals surface area contributed by atoms with E-state index in [1.807, 2.05) is 0 Å². The van der Waals surface area contributed by atoms with E-state index in [1.165, 1.54) is 23.6 Å². The minimum absolute atomic E-state index is 0.230. The number of hydrogen-bond donors (Lipinski definition) is 1. The summed E-state index contributed by atoms with van der Waals surface area (Å²) in [6.45, 7) is 1.96. The summed E-state index contributed by atoms with van der Waals surface area (Å²) in [4.78, 5) is 20.5. The minimum Gasteiger partial charge on any atom is -0.482 e. The summed E-state index contributed by atoms with van der Waals surface area (Å²) in [6.07, 6.45) is -1.61. The lowest BCUT2D eigenvalue weighted by molar-refractivity contribution is -0.153. The molecule has 0 aromatic carbocycles. The fourth-order valence-corrected chi connectivity index (χ4v) is 2.82. The molecule has 0 saturated heterocycles. The van der Waals surface area contributed by atoms with E-state index in [0.29, 0.717) is 9.48 Å². The molecule has 0 bridgehead atoms. The van der Waals surface area contributed by atoms with Crippen LogP contribution >= 0.6 is 27.3 Å². The number of rotatable bonds is 5. The predicted octanol–water partition coefficient (Wildman–Crippen LogP) is 3.91. The van der Waals surface area contributed by atoms with E-state index in [9.17, 15) is 18.0 Å². The summed E-state index contributed by atoms with van der Waals surface area (Å²) in [5.41, 5.74) is -1.03. The zero-order valence-electron chi connectivity index (χ0n) is 12.6. The van der Waals surface area contributed by atoms with Gasteiger partial charge in [0, 0.05) is 22.2 Å². The lowest BCUT2D eigenvalue weighted by atomic mass is 10.1. The van der Waals surface area contributed by atoms with Gasteiger partial charge in [0.2, 0.25) is 0 Å². The van der Waals surface area contributed by atoms with Crippen LogP contribution in [0.2, 0.25) is 0 Å². The third-order valence-electron chi connectivity index (χ3n) is 2.82. The second-order valence-electron chi connectivity index (χ2n) is 5.32. The van der Waals surface area contributed by atoms with Crippen LogP contribution < -0.4 is 10.1 Å². The number of nitrogens with one attached hydrogen (secondary N) is 1. The Labute approximate surface area is 148 Å². The highest BCUT2D eigenvalue weighted by Gasteiger charge is 2.31. The molecule has 0 aliphatic rings. The molecule has 0 fully saturated rings. The van der Waals surface area contributed by atoms with Gasteiger partial charge in [0.1, 0.15) is 5.01 Å². The lowest BCUT2D eigenvalue weighted by Crippen LogP contribution is -2.41. The number of thiazole rings is 1. The Morgan fingerprint density at radius 2 is 2.08 bits per heavy atom. The third-order valence-corrected chi connectivity index (χ3v) is 4.35. The Morgan fingerprint density at radius 3 is 2.67 bits per heavy atom. The van der Waals surface area contributed by atoms with Gasteiger partial charge in [0.25, 0.3) is 5.91 Å². The number of carbonyl (C=O) groups is 1. The van der Waals surface area contributed by atoms with E-state index in [0.717, 1.165) is 0 Å². The molecule has 2 aromatic heterocycles. The van der Waals surface area contributed by atoms with Crippen molar-refractivity contribution in [2.75, 3.05) is 6.61 Å². The molecule has 130 valence electrons. The summed E-state index contributed by atoms with van der Waals surface area (Å²) in [5, 5.41) is 5.12. The average molecular weight is 424 g/mol. The SMILES string of the molecule is CC(C)(NC(=O)c1ncc(Br)cc1OCC(F)(F)F)c1nccs1. The fourth-order valence-electron chi connectivity index (χ4n) is 1.79.